The normalized spacial score (nSPS) is 16.4. The van der Waals surface area contributed by atoms with Gasteiger partial charge in [0, 0.05) is 11.5 Å². The first-order chi connectivity index (χ1) is 8.72. The number of benzene rings is 2. The van der Waals surface area contributed by atoms with Gasteiger partial charge in [-0.2, -0.15) is 0 Å². The van der Waals surface area contributed by atoms with E-state index in [-0.39, 0.29) is 17.5 Å². The number of halogens is 1. The molecule has 1 aliphatic rings. The highest BCUT2D eigenvalue weighted by Gasteiger charge is 2.30. The molecule has 0 saturated heterocycles. The molecule has 0 amide bonds. The van der Waals surface area contributed by atoms with E-state index in [4.69, 9.17) is 5.73 Å². The Hall–Kier alpha value is -1.87. The molecule has 0 spiro atoms. The van der Waals surface area contributed by atoms with Gasteiger partial charge in [-0.3, -0.25) is 0 Å². The summed E-state index contributed by atoms with van der Waals surface area (Å²) in [6, 6.07) is 10.2. The number of phenolic OH excluding ortho intramolecular Hbond substituents is 1. The molecule has 2 aromatic rings. The first-order valence-electron chi connectivity index (χ1n) is 6.04. The molecular formula is C15H14FNO. The molecule has 2 aromatic carbocycles. The molecule has 0 radical (unpaired) electrons. The molecule has 0 aromatic heterocycles. The Bertz CT molecular complexity index is 609. The van der Waals surface area contributed by atoms with Crippen LogP contribution in [0.4, 0.5) is 4.39 Å². The molecule has 1 aliphatic carbocycles. The molecule has 3 rings (SSSR count). The Kier molecular flexibility index (Phi) is 2.56. The van der Waals surface area contributed by atoms with Crippen LogP contribution in [-0.4, -0.2) is 11.7 Å². The number of fused-ring (bicyclic) bond motifs is 3. The molecule has 0 saturated carbocycles. The number of aromatic hydroxyl groups is 1. The molecule has 18 heavy (non-hydrogen) atoms. The van der Waals surface area contributed by atoms with Crippen molar-refractivity contribution in [3.05, 3.63) is 53.3 Å². The van der Waals surface area contributed by atoms with E-state index in [9.17, 15) is 9.50 Å². The first kappa shape index (κ1) is 11.2. The smallest absolute Gasteiger partial charge is 0.123 e. The van der Waals surface area contributed by atoms with Gasteiger partial charge in [0.05, 0.1) is 0 Å². The largest absolute Gasteiger partial charge is 0.507 e. The van der Waals surface area contributed by atoms with Gasteiger partial charge in [0.25, 0.3) is 0 Å². The number of hydrogen-bond acceptors (Lipinski definition) is 2. The second-order valence-electron chi connectivity index (χ2n) is 4.60. The van der Waals surface area contributed by atoms with E-state index >= 15 is 0 Å². The molecule has 0 fully saturated rings. The Morgan fingerprint density at radius 2 is 2.00 bits per heavy atom. The molecule has 1 atom stereocenters. The number of nitrogens with two attached hydrogens (primary N) is 1. The molecule has 3 N–H and O–H groups in total. The van der Waals surface area contributed by atoms with Gasteiger partial charge >= 0.3 is 0 Å². The van der Waals surface area contributed by atoms with E-state index in [0.717, 1.165) is 28.7 Å². The summed E-state index contributed by atoms with van der Waals surface area (Å²) >= 11 is 0. The first-order valence-corrected chi connectivity index (χ1v) is 6.04. The zero-order valence-electron chi connectivity index (χ0n) is 9.86. The fourth-order valence-corrected chi connectivity index (χ4v) is 2.84. The summed E-state index contributed by atoms with van der Waals surface area (Å²) in [6.07, 6.45) is 0.757. The van der Waals surface area contributed by atoms with Crippen molar-refractivity contribution in [1.29, 1.82) is 0 Å². The Balaban J connectivity index is 2.27. The van der Waals surface area contributed by atoms with Gasteiger partial charge < -0.3 is 10.8 Å². The maximum atomic E-state index is 13.4. The fraction of sp³-hybridized carbons (Fsp3) is 0.200. The topological polar surface area (TPSA) is 46.2 Å². The second kappa shape index (κ2) is 4.10. The Labute approximate surface area is 105 Å². The summed E-state index contributed by atoms with van der Waals surface area (Å²) in [5, 5.41) is 10.0. The third kappa shape index (κ3) is 1.51. The molecule has 2 nitrogen and oxygen atoms in total. The highest BCUT2D eigenvalue weighted by atomic mass is 19.1. The second-order valence-corrected chi connectivity index (χ2v) is 4.60. The van der Waals surface area contributed by atoms with Crippen LogP contribution in [0.2, 0.25) is 0 Å². The van der Waals surface area contributed by atoms with Crippen molar-refractivity contribution in [2.24, 2.45) is 5.73 Å². The van der Waals surface area contributed by atoms with Crippen molar-refractivity contribution in [3.8, 4) is 16.9 Å². The number of rotatable bonds is 2. The summed E-state index contributed by atoms with van der Waals surface area (Å²) < 4.78 is 13.4. The summed E-state index contributed by atoms with van der Waals surface area (Å²) in [6.45, 7) is 0.537. The van der Waals surface area contributed by atoms with Crippen LogP contribution in [0.3, 0.4) is 0 Å². The minimum atomic E-state index is -0.247. The van der Waals surface area contributed by atoms with Crippen LogP contribution in [0.25, 0.3) is 11.1 Å². The van der Waals surface area contributed by atoms with Crippen molar-refractivity contribution in [1.82, 2.24) is 0 Å². The van der Waals surface area contributed by atoms with Gasteiger partial charge in [-0.15, -0.1) is 0 Å². The number of hydrogen-bond donors (Lipinski definition) is 2. The molecule has 0 bridgehead atoms. The van der Waals surface area contributed by atoms with Crippen molar-refractivity contribution in [3.63, 3.8) is 0 Å². The van der Waals surface area contributed by atoms with Crippen molar-refractivity contribution < 1.29 is 9.50 Å². The zero-order chi connectivity index (χ0) is 12.7. The van der Waals surface area contributed by atoms with Crippen LogP contribution in [0.1, 0.15) is 23.5 Å². The van der Waals surface area contributed by atoms with Crippen LogP contribution in [0.5, 0.6) is 5.75 Å². The lowest BCUT2D eigenvalue weighted by Gasteiger charge is -2.12. The molecule has 0 heterocycles. The van der Waals surface area contributed by atoms with Gasteiger partial charge in [0.2, 0.25) is 0 Å². The molecule has 1 unspecified atom stereocenters. The summed E-state index contributed by atoms with van der Waals surface area (Å²) in [5.74, 6) is 0.0887. The third-order valence-corrected chi connectivity index (χ3v) is 3.56. The van der Waals surface area contributed by atoms with E-state index in [2.05, 4.69) is 0 Å². The lowest BCUT2D eigenvalue weighted by Crippen LogP contribution is -2.06. The standard InChI is InChI=1S/C15H14FNO/c16-9-4-5-12-13(8-9)10(6-7-17)11-2-1-3-14(18)15(11)12/h1-5,8,10,18H,6-7,17H2. The summed E-state index contributed by atoms with van der Waals surface area (Å²) in [4.78, 5) is 0. The van der Waals surface area contributed by atoms with E-state index < -0.39 is 0 Å². The maximum absolute atomic E-state index is 13.4. The predicted molar refractivity (Wildman–Crippen MR) is 69.0 cm³/mol. The van der Waals surface area contributed by atoms with Crippen molar-refractivity contribution >= 4 is 0 Å². The van der Waals surface area contributed by atoms with Crippen LogP contribution in [0, 0.1) is 5.82 Å². The highest BCUT2D eigenvalue weighted by molar-refractivity contribution is 5.83. The molecular weight excluding hydrogens is 229 g/mol. The predicted octanol–water partition coefficient (Wildman–Crippen LogP) is 2.99. The van der Waals surface area contributed by atoms with Gasteiger partial charge in [-0.25, -0.2) is 4.39 Å². The zero-order valence-corrected chi connectivity index (χ0v) is 9.86. The van der Waals surface area contributed by atoms with Gasteiger partial charge in [-0.1, -0.05) is 18.2 Å². The summed E-state index contributed by atoms with van der Waals surface area (Å²) in [5.41, 5.74) is 9.36. The van der Waals surface area contributed by atoms with E-state index in [1.807, 2.05) is 12.1 Å². The summed E-state index contributed by atoms with van der Waals surface area (Å²) in [7, 11) is 0. The lowest BCUT2D eigenvalue weighted by atomic mass is 9.93. The van der Waals surface area contributed by atoms with Crippen molar-refractivity contribution in [2.75, 3.05) is 6.54 Å². The van der Waals surface area contributed by atoms with Gasteiger partial charge in [-0.05, 0) is 47.9 Å². The average Bonchev–Trinajstić information content (AvgIpc) is 2.66. The highest BCUT2D eigenvalue weighted by Crippen LogP contribution is 2.49. The monoisotopic (exact) mass is 243 g/mol. The van der Waals surface area contributed by atoms with E-state index in [1.54, 1.807) is 18.2 Å². The van der Waals surface area contributed by atoms with Crippen LogP contribution < -0.4 is 5.73 Å². The Morgan fingerprint density at radius 1 is 1.17 bits per heavy atom. The number of phenols is 1. The quantitative estimate of drug-likeness (QED) is 0.851. The molecule has 92 valence electrons. The van der Waals surface area contributed by atoms with Crippen LogP contribution in [0.15, 0.2) is 36.4 Å². The third-order valence-electron chi connectivity index (χ3n) is 3.56. The van der Waals surface area contributed by atoms with E-state index in [0.29, 0.717) is 6.54 Å². The van der Waals surface area contributed by atoms with Crippen LogP contribution in [-0.2, 0) is 0 Å². The maximum Gasteiger partial charge on any atom is 0.123 e. The van der Waals surface area contributed by atoms with Gasteiger partial charge in [0.1, 0.15) is 11.6 Å². The van der Waals surface area contributed by atoms with Crippen molar-refractivity contribution in [2.45, 2.75) is 12.3 Å². The van der Waals surface area contributed by atoms with E-state index in [1.165, 1.54) is 6.07 Å². The SMILES string of the molecule is NCCC1c2cc(F)ccc2-c2c(O)cccc21. The average molecular weight is 243 g/mol. The lowest BCUT2D eigenvalue weighted by molar-refractivity contribution is 0.477. The molecule has 3 heteroatoms. The minimum Gasteiger partial charge on any atom is -0.507 e. The Morgan fingerprint density at radius 3 is 2.78 bits per heavy atom. The van der Waals surface area contributed by atoms with Gasteiger partial charge in [0.15, 0.2) is 0 Å². The van der Waals surface area contributed by atoms with Crippen LogP contribution >= 0.6 is 0 Å². The fourth-order valence-electron chi connectivity index (χ4n) is 2.84. The minimum absolute atomic E-state index is 0.0859. The molecule has 0 aliphatic heterocycles.